The van der Waals surface area contributed by atoms with Crippen molar-refractivity contribution in [1.82, 2.24) is 4.98 Å². The second-order valence-electron chi connectivity index (χ2n) is 5.13. The van der Waals surface area contributed by atoms with Gasteiger partial charge in [-0.1, -0.05) is 11.6 Å². The first kappa shape index (κ1) is 17.6. The quantitative estimate of drug-likeness (QED) is 0.541. The van der Waals surface area contributed by atoms with Gasteiger partial charge in [-0.3, -0.25) is 4.98 Å². The monoisotopic (exact) mass is 465 g/mol. The number of pyridine rings is 1. The lowest BCUT2D eigenvalue weighted by Crippen LogP contribution is -1.99. The van der Waals surface area contributed by atoms with Gasteiger partial charge < -0.3 is 14.8 Å². The molecular weight excluding hydrogens is 453 g/mol. The second-order valence-corrected chi connectivity index (χ2v) is 6.73. The Morgan fingerprint density at radius 2 is 1.88 bits per heavy atom. The normalized spacial score (nSPS) is 10.4. The fourth-order valence-corrected chi connectivity index (χ4v) is 3.47. The first-order valence-corrected chi connectivity index (χ1v) is 8.70. The maximum atomic E-state index is 9.49. The smallest absolute Gasteiger partial charge is 0.162 e. The summed E-state index contributed by atoms with van der Waals surface area (Å²) in [5.41, 5.74) is 2.64. The van der Waals surface area contributed by atoms with E-state index in [9.17, 15) is 5.26 Å². The van der Waals surface area contributed by atoms with E-state index in [1.54, 1.807) is 32.5 Å². The van der Waals surface area contributed by atoms with E-state index in [-0.39, 0.29) is 0 Å². The Morgan fingerprint density at radius 1 is 1.16 bits per heavy atom. The van der Waals surface area contributed by atoms with Crippen molar-refractivity contribution in [3.63, 3.8) is 0 Å². The lowest BCUT2D eigenvalue weighted by atomic mass is 10.1. The molecule has 0 amide bonds. The van der Waals surface area contributed by atoms with Crippen LogP contribution in [0.25, 0.3) is 10.9 Å². The summed E-state index contributed by atoms with van der Waals surface area (Å²) in [6.45, 7) is 0. The molecule has 0 saturated heterocycles. The van der Waals surface area contributed by atoms with Gasteiger partial charge in [0.25, 0.3) is 0 Å². The minimum atomic E-state index is 0.436. The Labute approximate surface area is 163 Å². The van der Waals surface area contributed by atoms with Gasteiger partial charge in [-0.05, 0) is 46.9 Å². The van der Waals surface area contributed by atoms with Crippen LogP contribution in [0.5, 0.6) is 11.5 Å². The molecule has 0 radical (unpaired) electrons. The molecule has 1 N–H and O–H groups in total. The Kier molecular flexibility index (Phi) is 5.16. The number of rotatable bonds is 4. The average molecular weight is 466 g/mol. The zero-order valence-electron chi connectivity index (χ0n) is 13.4. The summed E-state index contributed by atoms with van der Waals surface area (Å²) in [7, 11) is 3.14. The van der Waals surface area contributed by atoms with Crippen LogP contribution in [-0.2, 0) is 0 Å². The van der Waals surface area contributed by atoms with Gasteiger partial charge in [0, 0.05) is 26.2 Å². The number of nitrogens with zero attached hydrogens (tertiary/aromatic N) is 2. The van der Waals surface area contributed by atoms with Gasteiger partial charge in [-0.15, -0.1) is 0 Å². The summed E-state index contributed by atoms with van der Waals surface area (Å²) in [6.07, 6.45) is 1.54. The molecule has 0 unspecified atom stereocenters. The van der Waals surface area contributed by atoms with Gasteiger partial charge in [0.05, 0.1) is 36.7 Å². The topological polar surface area (TPSA) is 67.2 Å². The van der Waals surface area contributed by atoms with Crippen molar-refractivity contribution >= 4 is 56.5 Å². The van der Waals surface area contributed by atoms with Gasteiger partial charge in [0.15, 0.2) is 11.5 Å². The van der Waals surface area contributed by atoms with Gasteiger partial charge in [0.2, 0.25) is 0 Å². The van der Waals surface area contributed by atoms with Crippen molar-refractivity contribution < 1.29 is 9.47 Å². The highest BCUT2D eigenvalue weighted by atomic mass is 127. The molecule has 1 aromatic heterocycles. The zero-order valence-corrected chi connectivity index (χ0v) is 16.3. The third kappa shape index (κ3) is 3.43. The maximum Gasteiger partial charge on any atom is 0.162 e. The molecule has 5 nitrogen and oxygen atoms in total. The number of methoxy groups -OCH3 is 2. The Bertz CT molecular complexity index is 1000. The van der Waals surface area contributed by atoms with Crippen LogP contribution in [-0.4, -0.2) is 19.2 Å². The van der Waals surface area contributed by atoms with E-state index in [0.29, 0.717) is 33.3 Å². The molecule has 0 atom stereocenters. The number of hydrogen-bond donors (Lipinski definition) is 1. The Morgan fingerprint density at radius 3 is 2.52 bits per heavy atom. The first-order chi connectivity index (χ1) is 12.1. The van der Waals surface area contributed by atoms with Crippen LogP contribution in [0.4, 0.5) is 11.4 Å². The van der Waals surface area contributed by atoms with Crippen molar-refractivity contribution in [2.24, 2.45) is 0 Å². The predicted octanol–water partition coefficient (Wildman–Crippen LogP) is 5.13. The molecule has 126 valence electrons. The maximum absolute atomic E-state index is 9.49. The molecular formula is C18H13ClIN3O2. The molecule has 2 aromatic carbocycles. The van der Waals surface area contributed by atoms with E-state index >= 15 is 0 Å². The van der Waals surface area contributed by atoms with Crippen LogP contribution in [0, 0.1) is 14.9 Å². The number of fused-ring (bicyclic) bond motifs is 1. The summed E-state index contributed by atoms with van der Waals surface area (Å²) in [5, 5.41) is 14.2. The highest BCUT2D eigenvalue weighted by Gasteiger charge is 2.14. The Balaban J connectivity index is 2.22. The molecule has 0 aliphatic heterocycles. The minimum absolute atomic E-state index is 0.436. The molecule has 0 bridgehead atoms. The van der Waals surface area contributed by atoms with Crippen LogP contribution < -0.4 is 14.8 Å². The van der Waals surface area contributed by atoms with Crippen LogP contribution >= 0.6 is 34.2 Å². The van der Waals surface area contributed by atoms with E-state index in [0.717, 1.165) is 14.6 Å². The summed E-state index contributed by atoms with van der Waals surface area (Å²) in [6, 6.07) is 11.3. The SMILES string of the molecule is COc1cc2ncc(C#N)c(Nc3ccc(Cl)cc3I)c2cc1OC. The predicted molar refractivity (Wildman–Crippen MR) is 107 cm³/mol. The number of anilines is 2. The third-order valence-corrected chi connectivity index (χ3v) is 4.81. The number of benzene rings is 2. The minimum Gasteiger partial charge on any atom is -0.493 e. The standard InChI is InChI=1S/C18H13ClIN3O2/c1-24-16-6-12-15(7-17(16)25-2)22-9-10(8-21)18(12)23-14-4-3-11(19)5-13(14)20/h3-7,9H,1-2H3,(H,22,23). The fourth-order valence-electron chi connectivity index (χ4n) is 2.46. The van der Waals surface area contributed by atoms with Gasteiger partial charge in [0.1, 0.15) is 6.07 Å². The number of aromatic nitrogens is 1. The average Bonchev–Trinajstić information content (AvgIpc) is 2.62. The van der Waals surface area contributed by atoms with Crippen molar-refractivity contribution in [3.05, 3.63) is 50.7 Å². The van der Waals surface area contributed by atoms with Gasteiger partial charge in [-0.25, -0.2) is 0 Å². The first-order valence-electron chi connectivity index (χ1n) is 7.24. The molecule has 0 saturated carbocycles. The molecule has 0 aliphatic rings. The van der Waals surface area contributed by atoms with Crippen LogP contribution in [0.2, 0.25) is 5.02 Å². The molecule has 3 rings (SSSR count). The van der Waals surface area contributed by atoms with Gasteiger partial charge in [-0.2, -0.15) is 5.26 Å². The van der Waals surface area contributed by atoms with Crippen molar-refractivity contribution in [2.45, 2.75) is 0 Å². The van der Waals surface area contributed by atoms with Gasteiger partial charge >= 0.3 is 0 Å². The summed E-state index contributed by atoms with van der Waals surface area (Å²) in [4.78, 5) is 4.35. The molecule has 0 fully saturated rings. The van der Waals surface area contributed by atoms with E-state index < -0.39 is 0 Å². The molecule has 25 heavy (non-hydrogen) atoms. The second kappa shape index (κ2) is 7.33. The summed E-state index contributed by atoms with van der Waals surface area (Å²) in [5.74, 6) is 1.15. The molecule has 3 aromatic rings. The lowest BCUT2D eigenvalue weighted by Gasteiger charge is -2.15. The largest absolute Gasteiger partial charge is 0.493 e. The molecule has 0 spiro atoms. The number of nitriles is 1. The van der Waals surface area contributed by atoms with Crippen LogP contribution in [0.15, 0.2) is 36.5 Å². The third-order valence-electron chi connectivity index (χ3n) is 3.68. The summed E-state index contributed by atoms with van der Waals surface area (Å²) >= 11 is 8.22. The number of ether oxygens (including phenoxy) is 2. The molecule has 1 heterocycles. The molecule has 7 heteroatoms. The van der Waals surface area contributed by atoms with E-state index in [1.807, 2.05) is 18.2 Å². The lowest BCUT2D eigenvalue weighted by molar-refractivity contribution is 0.356. The van der Waals surface area contributed by atoms with E-state index in [4.69, 9.17) is 21.1 Å². The summed E-state index contributed by atoms with van der Waals surface area (Å²) < 4.78 is 11.6. The van der Waals surface area contributed by atoms with Crippen LogP contribution in [0.3, 0.4) is 0 Å². The Hall–Kier alpha value is -2.24. The number of halogens is 2. The fraction of sp³-hybridized carbons (Fsp3) is 0.111. The van der Waals surface area contributed by atoms with Crippen molar-refractivity contribution in [1.29, 1.82) is 5.26 Å². The van der Waals surface area contributed by atoms with E-state index in [2.05, 4.69) is 39.0 Å². The number of nitrogens with one attached hydrogen (secondary N) is 1. The zero-order chi connectivity index (χ0) is 18.0. The highest BCUT2D eigenvalue weighted by Crippen LogP contribution is 2.37. The van der Waals surface area contributed by atoms with E-state index in [1.165, 1.54) is 0 Å². The molecule has 0 aliphatic carbocycles. The van der Waals surface area contributed by atoms with Crippen molar-refractivity contribution in [3.8, 4) is 17.6 Å². The number of hydrogen-bond acceptors (Lipinski definition) is 5. The van der Waals surface area contributed by atoms with Crippen molar-refractivity contribution in [2.75, 3.05) is 19.5 Å². The highest BCUT2D eigenvalue weighted by molar-refractivity contribution is 14.1. The van der Waals surface area contributed by atoms with Crippen LogP contribution in [0.1, 0.15) is 5.56 Å².